The Bertz CT molecular complexity index is 535. The molecule has 0 aliphatic heterocycles. The van der Waals surface area contributed by atoms with Gasteiger partial charge in [0.1, 0.15) is 0 Å². The Balaban J connectivity index is 3.07. The lowest BCUT2D eigenvalue weighted by molar-refractivity contribution is -0.137. The lowest BCUT2D eigenvalue weighted by atomic mass is 10.1. The van der Waals surface area contributed by atoms with Crippen LogP contribution in [0.15, 0.2) is 18.2 Å². The van der Waals surface area contributed by atoms with E-state index in [1.807, 2.05) is 6.92 Å². The third kappa shape index (κ3) is 3.96. The smallest absolute Gasteiger partial charge is 0.324 e. The van der Waals surface area contributed by atoms with Crippen LogP contribution < -0.4 is 11.1 Å². The van der Waals surface area contributed by atoms with E-state index in [0.29, 0.717) is 18.9 Å². The summed E-state index contributed by atoms with van der Waals surface area (Å²) in [4.78, 5) is 11.7. The first kappa shape index (κ1) is 16.0. The second kappa shape index (κ2) is 6.39. The van der Waals surface area contributed by atoms with Gasteiger partial charge in [0.05, 0.1) is 28.9 Å². The van der Waals surface area contributed by atoms with Crippen LogP contribution in [-0.2, 0) is 11.0 Å². The highest BCUT2D eigenvalue weighted by Gasteiger charge is 2.34. The molecular weight excluding hydrogens is 271 g/mol. The maximum Gasteiger partial charge on any atom is 0.418 e. The number of carbonyl (C=O) groups excluding carboxylic acids is 1. The Labute approximate surface area is 114 Å². The quantitative estimate of drug-likeness (QED) is 0.892. The molecule has 0 aliphatic rings. The molecule has 4 nitrogen and oxygen atoms in total. The number of halogens is 3. The summed E-state index contributed by atoms with van der Waals surface area (Å²) in [6, 6.07) is 3.71. The van der Waals surface area contributed by atoms with Crippen molar-refractivity contribution in [3.8, 4) is 6.07 Å². The summed E-state index contributed by atoms with van der Waals surface area (Å²) >= 11 is 0. The van der Waals surface area contributed by atoms with Gasteiger partial charge in [-0.2, -0.15) is 18.4 Å². The predicted molar refractivity (Wildman–Crippen MR) is 67.7 cm³/mol. The average Bonchev–Trinajstić information content (AvgIpc) is 2.38. The van der Waals surface area contributed by atoms with E-state index in [2.05, 4.69) is 5.32 Å². The van der Waals surface area contributed by atoms with Crippen LogP contribution in [0.3, 0.4) is 0 Å². The van der Waals surface area contributed by atoms with E-state index in [1.54, 1.807) is 6.07 Å². The number of carbonyl (C=O) groups is 1. The number of hydrogen-bond acceptors (Lipinski definition) is 3. The SMILES string of the molecule is CCC[C@@H](N)C(=O)Nc1ccc(C#N)cc1C(F)(F)F. The van der Waals surface area contributed by atoms with Gasteiger partial charge in [0.15, 0.2) is 0 Å². The van der Waals surface area contributed by atoms with Gasteiger partial charge >= 0.3 is 6.18 Å². The summed E-state index contributed by atoms with van der Waals surface area (Å²) in [6.07, 6.45) is -3.64. The van der Waals surface area contributed by atoms with Crippen molar-refractivity contribution in [2.24, 2.45) is 5.73 Å². The molecule has 1 aromatic rings. The molecule has 0 heterocycles. The third-order valence-electron chi connectivity index (χ3n) is 2.65. The number of nitrogens with two attached hydrogens (primary N) is 1. The van der Waals surface area contributed by atoms with Crippen LogP contribution in [0.4, 0.5) is 18.9 Å². The fraction of sp³-hybridized carbons (Fsp3) is 0.385. The summed E-state index contributed by atoms with van der Waals surface area (Å²) in [6.45, 7) is 1.82. The van der Waals surface area contributed by atoms with Crippen LogP contribution in [0.25, 0.3) is 0 Å². The largest absolute Gasteiger partial charge is 0.418 e. The molecule has 0 unspecified atom stereocenters. The number of rotatable bonds is 4. The lowest BCUT2D eigenvalue weighted by Crippen LogP contribution is -2.35. The second-order valence-corrected chi connectivity index (χ2v) is 4.25. The standard InChI is InChI=1S/C13H14F3N3O/c1-2-3-10(18)12(20)19-11-5-4-8(7-17)6-9(11)13(14,15)16/h4-6,10H,2-3,18H2,1H3,(H,19,20)/t10-/m1/s1. The van der Waals surface area contributed by atoms with E-state index in [-0.39, 0.29) is 5.56 Å². The van der Waals surface area contributed by atoms with Gasteiger partial charge in [-0.15, -0.1) is 0 Å². The Morgan fingerprint density at radius 1 is 1.50 bits per heavy atom. The molecule has 0 fully saturated rings. The maximum atomic E-state index is 12.9. The summed E-state index contributed by atoms with van der Waals surface area (Å²) < 4.78 is 38.6. The molecule has 1 aromatic carbocycles. The van der Waals surface area contributed by atoms with Gasteiger partial charge in [-0.1, -0.05) is 13.3 Å². The Kier molecular flexibility index (Phi) is 5.11. The summed E-state index contributed by atoms with van der Waals surface area (Å²) in [7, 11) is 0. The fourth-order valence-electron chi connectivity index (χ4n) is 1.62. The summed E-state index contributed by atoms with van der Waals surface area (Å²) in [5.74, 6) is -0.679. The Morgan fingerprint density at radius 2 is 2.15 bits per heavy atom. The summed E-state index contributed by atoms with van der Waals surface area (Å²) in [5.41, 5.74) is 3.96. The minimum Gasteiger partial charge on any atom is -0.324 e. The van der Waals surface area contributed by atoms with E-state index >= 15 is 0 Å². The molecule has 0 aliphatic carbocycles. The molecule has 0 saturated heterocycles. The number of hydrogen-bond donors (Lipinski definition) is 2. The van der Waals surface area contributed by atoms with Crippen molar-refractivity contribution >= 4 is 11.6 Å². The van der Waals surface area contributed by atoms with E-state index in [1.165, 1.54) is 6.07 Å². The van der Waals surface area contributed by atoms with Gasteiger partial charge in [0, 0.05) is 0 Å². The van der Waals surface area contributed by atoms with Gasteiger partial charge in [-0.3, -0.25) is 4.79 Å². The molecule has 1 amide bonds. The van der Waals surface area contributed by atoms with Crippen LogP contribution in [-0.4, -0.2) is 11.9 Å². The number of benzene rings is 1. The highest BCUT2D eigenvalue weighted by molar-refractivity contribution is 5.95. The minimum absolute atomic E-state index is 0.131. The molecule has 0 spiro atoms. The van der Waals surface area contributed by atoms with Crippen molar-refractivity contribution in [2.45, 2.75) is 32.0 Å². The zero-order valence-electron chi connectivity index (χ0n) is 10.8. The number of nitrogens with one attached hydrogen (secondary N) is 1. The molecule has 7 heteroatoms. The number of amides is 1. The average molecular weight is 285 g/mol. The number of nitrogens with zero attached hydrogens (tertiary/aromatic N) is 1. The molecule has 3 N–H and O–H groups in total. The van der Waals surface area contributed by atoms with Crippen molar-refractivity contribution in [1.29, 1.82) is 5.26 Å². The topological polar surface area (TPSA) is 78.9 Å². The first-order valence-electron chi connectivity index (χ1n) is 5.97. The van der Waals surface area contributed by atoms with E-state index in [4.69, 9.17) is 11.0 Å². The second-order valence-electron chi connectivity index (χ2n) is 4.25. The highest BCUT2D eigenvalue weighted by atomic mass is 19.4. The minimum atomic E-state index is -4.66. The van der Waals surface area contributed by atoms with Gasteiger partial charge < -0.3 is 11.1 Å². The van der Waals surface area contributed by atoms with Gasteiger partial charge in [-0.25, -0.2) is 0 Å². The predicted octanol–water partition coefficient (Wildman–Crippen LogP) is 2.64. The normalized spacial score (nSPS) is 12.6. The number of nitriles is 1. The van der Waals surface area contributed by atoms with Crippen molar-refractivity contribution in [2.75, 3.05) is 5.32 Å². The first-order chi connectivity index (χ1) is 9.29. The molecule has 1 rings (SSSR count). The van der Waals surface area contributed by atoms with E-state index in [9.17, 15) is 18.0 Å². The number of anilines is 1. The monoisotopic (exact) mass is 285 g/mol. The molecule has 0 radical (unpaired) electrons. The molecule has 0 aromatic heterocycles. The van der Waals surface area contributed by atoms with Crippen LogP contribution in [0, 0.1) is 11.3 Å². The molecule has 20 heavy (non-hydrogen) atoms. The summed E-state index contributed by atoms with van der Waals surface area (Å²) in [5, 5.41) is 10.8. The van der Waals surface area contributed by atoms with Crippen molar-refractivity contribution in [1.82, 2.24) is 0 Å². The van der Waals surface area contributed by atoms with Crippen LogP contribution in [0.5, 0.6) is 0 Å². The highest BCUT2D eigenvalue weighted by Crippen LogP contribution is 2.35. The first-order valence-corrected chi connectivity index (χ1v) is 5.97. The van der Waals surface area contributed by atoms with Gasteiger partial charge in [0.2, 0.25) is 5.91 Å². The molecule has 0 saturated carbocycles. The van der Waals surface area contributed by atoms with Crippen LogP contribution >= 0.6 is 0 Å². The fourth-order valence-corrected chi connectivity index (χ4v) is 1.62. The molecule has 1 atom stereocenters. The zero-order valence-corrected chi connectivity index (χ0v) is 10.8. The number of alkyl halides is 3. The van der Waals surface area contributed by atoms with Crippen molar-refractivity contribution in [3.05, 3.63) is 29.3 Å². The van der Waals surface area contributed by atoms with Crippen molar-refractivity contribution < 1.29 is 18.0 Å². The van der Waals surface area contributed by atoms with Crippen LogP contribution in [0.2, 0.25) is 0 Å². The maximum absolute atomic E-state index is 12.9. The molecule has 108 valence electrons. The zero-order chi connectivity index (χ0) is 15.3. The van der Waals surface area contributed by atoms with Gasteiger partial charge in [-0.05, 0) is 24.6 Å². The van der Waals surface area contributed by atoms with Crippen LogP contribution in [0.1, 0.15) is 30.9 Å². The molecular formula is C13H14F3N3O. The van der Waals surface area contributed by atoms with E-state index < -0.39 is 29.4 Å². The Morgan fingerprint density at radius 3 is 2.65 bits per heavy atom. The van der Waals surface area contributed by atoms with E-state index in [0.717, 1.165) is 6.07 Å². The third-order valence-corrected chi connectivity index (χ3v) is 2.65. The Hall–Kier alpha value is -2.07. The van der Waals surface area contributed by atoms with Crippen molar-refractivity contribution in [3.63, 3.8) is 0 Å². The molecule has 0 bridgehead atoms. The van der Waals surface area contributed by atoms with Gasteiger partial charge in [0.25, 0.3) is 0 Å². The lowest BCUT2D eigenvalue weighted by Gasteiger charge is -2.16.